The van der Waals surface area contributed by atoms with E-state index in [4.69, 9.17) is 12.8 Å². The fourth-order valence-corrected chi connectivity index (χ4v) is 5.64. The topological polar surface area (TPSA) is 40.5 Å². The largest absolute Gasteiger partial charge is 0.369 e. The van der Waals surface area contributed by atoms with Crippen molar-refractivity contribution < 1.29 is 10.2 Å². The molecule has 2 aliphatic rings. The van der Waals surface area contributed by atoms with Gasteiger partial charge in [0.1, 0.15) is 0 Å². The van der Waals surface area contributed by atoms with Crippen molar-refractivity contribution in [2.45, 2.75) is 24.0 Å². The molecule has 0 bridgehead atoms. The molecule has 2 heteroatoms. The molecule has 0 saturated heterocycles. The van der Waals surface area contributed by atoms with E-state index in [0.717, 1.165) is 57.3 Å². The van der Waals surface area contributed by atoms with Crippen molar-refractivity contribution in [3.05, 3.63) is 129 Å². The van der Waals surface area contributed by atoms with Gasteiger partial charge in [0.05, 0.1) is 0 Å². The van der Waals surface area contributed by atoms with Crippen LogP contribution in [0.25, 0.3) is 23.3 Å². The molecule has 0 aromatic heterocycles. The summed E-state index contributed by atoms with van der Waals surface area (Å²) in [5.74, 6) is 5.32. The van der Waals surface area contributed by atoms with Crippen LogP contribution < -0.4 is 0 Å². The molecule has 0 saturated carbocycles. The van der Waals surface area contributed by atoms with Crippen molar-refractivity contribution in [3.8, 4) is 35.8 Å². The molecular formula is C34H24O2. The van der Waals surface area contributed by atoms with Crippen LogP contribution in [0.4, 0.5) is 0 Å². The van der Waals surface area contributed by atoms with Crippen molar-refractivity contribution >= 4 is 12.2 Å². The number of hydrogen-bond acceptors (Lipinski definition) is 2. The van der Waals surface area contributed by atoms with Crippen molar-refractivity contribution in [1.29, 1.82) is 0 Å². The highest BCUT2D eigenvalue weighted by Crippen LogP contribution is 2.41. The molecule has 2 nitrogen and oxygen atoms in total. The molecule has 6 rings (SSSR count). The van der Waals surface area contributed by atoms with Crippen LogP contribution in [0.15, 0.2) is 84.9 Å². The summed E-state index contributed by atoms with van der Waals surface area (Å²) >= 11 is 0. The van der Waals surface area contributed by atoms with E-state index in [1.54, 1.807) is 0 Å². The molecule has 0 aliphatic heterocycles. The zero-order valence-corrected chi connectivity index (χ0v) is 19.7. The average Bonchev–Trinajstić information content (AvgIpc) is 3.14. The van der Waals surface area contributed by atoms with Gasteiger partial charge in [0.2, 0.25) is 0 Å². The van der Waals surface area contributed by atoms with E-state index in [-0.39, 0.29) is 0 Å². The first-order chi connectivity index (χ1) is 17.5. The van der Waals surface area contributed by atoms with Gasteiger partial charge in [-0.1, -0.05) is 103 Å². The molecule has 2 aliphatic carbocycles. The van der Waals surface area contributed by atoms with Crippen LogP contribution >= 0.6 is 0 Å². The molecule has 0 amide bonds. The minimum absolute atomic E-state index is 0.672. The highest BCUT2D eigenvalue weighted by molar-refractivity contribution is 5.81. The van der Waals surface area contributed by atoms with Crippen LogP contribution in [0.3, 0.4) is 0 Å². The second-order valence-corrected chi connectivity index (χ2v) is 9.46. The fourth-order valence-electron chi connectivity index (χ4n) is 5.64. The van der Waals surface area contributed by atoms with Gasteiger partial charge >= 0.3 is 0 Å². The first kappa shape index (κ1) is 22.1. The minimum Gasteiger partial charge on any atom is -0.369 e. The van der Waals surface area contributed by atoms with Crippen LogP contribution in [0.2, 0.25) is 0 Å². The Bertz CT molecular complexity index is 1640. The Labute approximate surface area is 211 Å². The number of benzene rings is 4. The predicted octanol–water partition coefficient (Wildman–Crippen LogP) is 5.67. The number of aryl methyl sites for hydroxylation is 2. The SMILES string of the molecule is C#CC1(O)c2ccccc2C=Cc2ccc(-c3ccc4c(c3)CCc3ccccc3C4(O)C#C)cc21. The molecule has 36 heavy (non-hydrogen) atoms. The Morgan fingerprint density at radius 2 is 1.11 bits per heavy atom. The van der Waals surface area contributed by atoms with Gasteiger partial charge in [-0.25, -0.2) is 0 Å². The highest BCUT2D eigenvalue weighted by Gasteiger charge is 2.36. The minimum atomic E-state index is -1.55. The molecule has 2 atom stereocenters. The van der Waals surface area contributed by atoms with Crippen LogP contribution in [0.1, 0.15) is 44.5 Å². The molecule has 0 fully saturated rings. The third-order valence-electron chi connectivity index (χ3n) is 7.55. The van der Waals surface area contributed by atoms with Gasteiger partial charge in [-0.05, 0) is 52.3 Å². The number of hydrogen-bond donors (Lipinski definition) is 2. The Balaban J connectivity index is 1.49. The van der Waals surface area contributed by atoms with E-state index >= 15 is 0 Å². The summed E-state index contributed by atoms with van der Waals surface area (Å²) in [7, 11) is 0. The Hall–Kier alpha value is -4.34. The zero-order chi connectivity index (χ0) is 24.9. The summed E-state index contributed by atoms with van der Waals surface area (Å²) in [5, 5.41) is 23.3. The van der Waals surface area contributed by atoms with Gasteiger partial charge in [-0.2, -0.15) is 0 Å². The van der Waals surface area contributed by atoms with E-state index in [1.807, 2.05) is 91.0 Å². The van der Waals surface area contributed by atoms with Gasteiger partial charge in [0.25, 0.3) is 0 Å². The standard InChI is InChI=1S/C34H24O2/c1-3-33(35)29-11-7-5-10-24(29)16-18-28-21-26(19-20-31(28)33)27-17-15-25-14-13-23-9-6-8-12-30(23)34(36,4-2)32(25)22-27/h1-2,5-15,17,19-22,35-36H,16,18H2. The van der Waals surface area contributed by atoms with Gasteiger partial charge < -0.3 is 10.2 Å². The van der Waals surface area contributed by atoms with E-state index in [0.29, 0.717) is 11.1 Å². The van der Waals surface area contributed by atoms with Gasteiger partial charge in [0.15, 0.2) is 11.2 Å². The van der Waals surface area contributed by atoms with Crippen molar-refractivity contribution in [2.24, 2.45) is 0 Å². The molecule has 0 heterocycles. The van der Waals surface area contributed by atoms with E-state index in [2.05, 4.69) is 17.9 Å². The van der Waals surface area contributed by atoms with Crippen molar-refractivity contribution in [1.82, 2.24) is 0 Å². The lowest BCUT2D eigenvalue weighted by atomic mass is 9.81. The monoisotopic (exact) mass is 464 g/mol. The maximum absolute atomic E-state index is 11.7. The third-order valence-corrected chi connectivity index (χ3v) is 7.55. The van der Waals surface area contributed by atoms with E-state index in [1.165, 1.54) is 0 Å². The maximum Gasteiger partial charge on any atom is 0.177 e. The van der Waals surface area contributed by atoms with Gasteiger partial charge in [-0.3, -0.25) is 0 Å². The molecule has 0 spiro atoms. The second kappa shape index (κ2) is 8.11. The first-order valence-corrected chi connectivity index (χ1v) is 12.0. The maximum atomic E-state index is 11.7. The molecule has 2 unspecified atom stereocenters. The van der Waals surface area contributed by atoms with Gasteiger partial charge in [-0.15, -0.1) is 12.8 Å². The predicted molar refractivity (Wildman–Crippen MR) is 145 cm³/mol. The first-order valence-electron chi connectivity index (χ1n) is 12.0. The molecule has 2 N–H and O–H groups in total. The number of aliphatic hydroxyl groups is 2. The summed E-state index contributed by atoms with van der Waals surface area (Å²) in [4.78, 5) is 0. The van der Waals surface area contributed by atoms with E-state index < -0.39 is 11.2 Å². The summed E-state index contributed by atoms with van der Waals surface area (Å²) in [6.45, 7) is 0. The molecule has 172 valence electrons. The lowest BCUT2D eigenvalue weighted by Gasteiger charge is -2.27. The Morgan fingerprint density at radius 3 is 1.89 bits per heavy atom. The van der Waals surface area contributed by atoms with Crippen LogP contribution in [0.5, 0.6) is 0 Å². The molecule has 0 radical (unpaired) electrons. The number of fused-ring (bicyclic) bond motifs is 4. The Kier molecular flexibility index (Phi) is 4.99. The molecular weight excluding hydrogens is 440 g/mol. The number of rotatable bonds is 1. The van der Waals surface area contributed by atoms with E-state index in [9.17, 15) is 10.2 Å². The third kappa shape index (κ3) is 3.17. The second-order valence-electron chi connectivity index (χ2n) is 9.46. The smallest absolute Gasteiger partial charge is 0.177 e. The van der Waals surface area contributed by atoms with Crippen LogP contribution in [0, 0.1) is 24.7 Å². The molecule has 4 aromatic carbocycles. The Morgan fingerprint density at radius 1 is 0.556 bits per heavy atom. The van der Waals surface area contributed by atoms with Crippen LogP contribution in [-0.4, -0.2) is 10.2 Å². The lowest BCUT2D eigenvalue weighted by molar-refractivity contribution is 0.144. The molecule has 4 aromatic rings. The average molecular weight is 465 g/mol. The zero-order valence-electron chi connectivity index (χ0n) is 19.7. The van der Waals surface area contributed by atoms with Crippen LogP contribution in [-0.2, 0) is 24.0 Å². The fraction of sp³-hybridized carbons (Fsp3) is 0.118. The summed E-state index contributed by atoms with van der Waals surface area (Å²) in [6.07, 6.45) is 17.4. The van der Waals surface area contributed by atoms with Crippen molar-refractivity contribution in [3.63, 3.8) is 0 Å². The quantitative estimate of drug-likeness (QED) is 0.356. The summed E-state index contributed by atoms with van der Waals surface area (Å²) < 4.78 is 0. The summed E-state index contributed by atoms with van der Waals surface area (Å²) in [6, 6.07) is 27.5. The normalized spacial score (nSPS) is 21.4. The van der Waals surface area contributed by atoms with Gasteiger partial charge in [0, 0.05) is 22.3 Å². The highest BCUT2D eigenvalue weighted by atomic mass is 16.3. The summed E-state index contributed by atoms with van der Waals surface area (Å²) in [5.41, 5.74) is 5.60. The lowest BCUT2D eigenvalue weighted by Crippen LogP contribution is -2.27. The van der Waals surface area contributed by atoms with Crippen molar-refractivity contribution in [2.75, 3.05) is 0 Å². The number of terminal acetylenes is 2.